The maximum absolute atomic E-state index is 4.10. The zero-order chi connectivity index (χ0) is 9.07. The first-order valence-electron chi connectivity index (χ1n) is 4.68. The molecule has 1 unspecified atom stereocenters. The van der Waals surface area contributed by atoms with Gasteiger partial charge in [-0.05, 0) is 37.0 Å². The quantitative estimate of drug-likeness (QED) is 0.577. The molecule has 1 radical (unpaired) electrons. The first-order valence-corrected chi connectivity index (χ1v) is 4.68. The maximum atomic E-state index is 4.10. The molecule has 0 aromatic carbocycles. The largest absolute Gasteiger partial charge is 0.0625 e. The third-order valence-electron chi connectivity index (χ3n) is 2.41. The van der Waals surface area contributed by atoms with E-state index in [1.165, 1.54) is 12.8 Å². The summed E-state index contributed by atoms with van der Waals surface area (Å²) in [4.78, 5) is 0. The van der Waals surface area contributed by atoms with Crippen molar-refractivity contribution in [2.75, 3.05) is 0 Å². The fraction of sp³-hybridized carbons (Fsp3) is 0.909. The lowest BCUT2D eigenvalue weighted by molar-refractivity contribution is 0.318. The molecule has 0 heteroatoms. The summed E-state index contributed by atoms with van der Waals surface area (Å²) in [5.41, 5.74) is 0.267. The second-order valence-corrected chi connectivity index (χ2v) is 4.92. The van der Waals surface area contributed by atoms with Crippen LogP contribution >= 0.6 is 0 Å². The van der Waals surface area contributed by atoms with Crippen molar-refractivity contribution in [3.05, 3.63) is 6.92 Å². The lowest BCUT2D eigenvalue weighted by Crippen LogP contribution is -2.11. The number of hydrogen-bond donors (Lipinski definition) is 0. The molecule has 0 aromatic rings. The van der Waals surface area contributed by atoms with E-state index in [4.69, 9.17) is 0 Å². The Morgan fingerprint density at radius 3 is 1.91 bits per heavy atom. The van der Waals surface area contributed by atoms with Crippen molar-refractivity contribution >= 4 is 0 Å². The van der Waals surface area contributed by atoms with E-state index in [0.29, 0.717) is 0 Å². The third kappa shape index (κ3) is 6.40. The van der Waals surface area contributed by atoms with Gasteiger partial charge in [0.2, 0.25) is 0 Å². The number of hydrogen-bond acceptors (Lipinski definition) is 0. The Labute approximate surface area is 72.4 Å². The first kappa shape index (κ1) is 11.0. The Hall–Kier alpha value is 0. The number of rotatable bonds is 4. The fourth-order valence-electron chi connectivity index (χ4n) is 0.952. The zero-order valence-corrected chi connectivity index (χ0v) is 8.78. The van der Waals surface area contributed by atoms with E-state index in [2.05, 4.69) is 41.5 Å². The van der Waals surface area contributed by atoms with Crippen LogP contribution in [0.5, 0.6) is 0 Å². The van der Waals surface area contributed by atoms with Crippen LogP contribution in [0.4, 0.5) is 0 Å². The Balaban J connectivity index is 3.54. The summed E-state index contributed by atoms with van der Waals surface area (Å²) in [5.74, 6) is 1.66. The van der Waals surface area contributed by atoms with Gasteiger partial charge in [-0.1, -0.05) is 34.6 Å². The molecule has 0 spiro atoms. The molecular formula is C11H23. The van der Waals surface area contributed by atoms with Crippen molar-refractivity contribution in [1.29, 1.82) is 0 Å². The van der Waals surface area contributed by atoms with E-state index in [1.54, 1.807) is 0 Å². The highest BCUT2D eigenvalue weighted by Gasteiger charge is 2.14. The molecule has 1 atom stereocenters. The molecule has 0 aliphatic heterocycles. The third-order valence-corrected chi connectivity index (χ3v) is 2.41. The van der Waals surface area contributed by atoms with Gasteiger partial charge in [0.05, 0.1) is 0 Å². The molecule has 0 bridgehead atoms. The van der Waals surface area contributed by atoms with E-state index in [-0.39, 0.29) is 5.41 Å². The van der Waals surface area contributed by atoms with Gasteiger partial charge in [-0.15, -0.1) is 0 Å². The summed E-state index contributed by atoms with van der Waals surface area (Å²) in [5, 5.41) is 0. The molecule has 0 saturated heterocycles. The van der Waals surface area contributed by atoms with Crippen LogP contribution in [0.3, 0.4) is 0 Å². The molecule has 0 aliphatic rings. The second kappa shape index (κ2) is 4.13. The lowest BCUT2D eigenvalue weighted by Gasteiger charge is -2.22. The SMILES string of the molecule is [CH2]C(C)(C)CCC(C)C(C)C. The van der Waals surface area contributed by atoms with E-state index in [9.17, 15) is 0 Å². The Morgan fingerprint density at radius 2 is 1.64 bits per heavy atom. The maximum Gasteiger partial charge on any atom is -0.0354 e. The molecule has 0 N–H and O–H groups in total. The van der Waals surface area contributed by atoms with Crippen molar-refractivity contribution in [3.8, 4) is 0 Å². The van der Waals surface area contributed by atoms with E-state index in [1.807, 2.05) is 0 Å². The predicted octanol–water partition coefficient (Wildman–Crippen LogP) is 3.92. The summed E-state index contributed by atoms with van der Waals surface area (Å²) in [6.45, 7) is 15.4. The highest BCUT2D eigenvalue weighted by atomic mass is 14.2. The molecule has 0 rings (SSSR count). The molecule has 11 heavy (non-hydrogen) atoms. The van der Waals surface area contributed by atoms with Crippen LogP contribution in [-0.4, -0.2) is 0 Å². The standard InChI is InChI=1S/C11H23/c1-9(2)10(3)7-8-11(4,5)6/h9-10H,4,7-8H2,1-3,5-6H3. The highest BCUT2D eigenvalue weighted by molar-refractivity contribution is 4.72. The second-order valence-electron chi connectivity index (χ2n) is 4.92. The van der Waals surface area contributed by atoms with Crippen LogP contribution in [0.2, 0.25) is 0 Å². The average Bonchev–Trinajstić information content (AvgIpc) is 1.80. The summed E-state index contributed by atoms with van der Waals surface area (Å²) >= 11 is 0. The highest BCUT2D eigenvalue weighted by Crippen LogP contribution is 2.25. The molecule has 0 aromatic heterocycles. The van der Waals surface area contributed by atoms with Gasteiger partial charge in [0.15, 0.2) is 0 Å². The fourth-order valence-corrected chi connectivity index (χ4v) is 0.952. The smallest absolute Gasteiger partial charge is 0.0354 e. The first-order chi connectivity index (χ1) is 4.83. The van der Waals surface area contributed by atoms with Gasteiger partial charge in [0.1, 0.15) is 0 Å². The van der Waals surface area contributed by atoms with Crippen molar-refractivity contribution in [1.82, 2.24) is 0 Å². The molecule has 0 saturated carbocycles. The average molecular weight is 155 g/mol. The molecule has 0 aliphatic carbocycles. The Morgan fingerprint density at radius 1 is 1.18 bits per heavy atom. The predicted molar refractivity (Wildman–Crippen MR) is 52.4 cm³/mol. The van der Waals surface area contributed by atoms with Crippen molar-refractivity contribution in [3.63, 3.8) is 0 Å². The topological polar surface area (TPSA) is 0 Å². The van der Waals surface area contributed by atoms with Crippen molar-refractivity contribution in [2.45, 2.75) is 47.5 Å². The van der Waals surface area contributed by atoms with E-state index >= 15 is 0 Å². The van der Waals surface area contributed by atoms with Crippen LogP contribution in [0.15, 0.2) is 0 Å². The van der Waals surface area contributed by atoms with Crippen LogP contribution < -0.4 is 0 Å². The minimum atomic E-state index is 0.267. The van der Waals surface area contributed by atoms with Gasteiger partial charge in [0.25, 0.3) is 0 Å². The van der Waals surface area contributed by atoms with Crippen LogP contribution in [0, 0.1) is 24.2 Å². The molecule has 0 amide bonds. The monoisotopic (exact) mass is 155 g/mol. The van der Waals surface area contributed by atoms with Gasteiger partial charge in [-0.3, -0.25) is 0 Å². The van der Waals surface area contributed by atoms with Crippen molar-refractivity contribution in [2.24, 2.45) is 17.3 Å². The minimum absolute atomic E-state index is 0.267. The van der Waals surface area contributed by atoms with Crippen molar-refractivity contribution < 1.29 is 0 Å². The van der Waals surface area contributed by atoms with Gasteiger partial charge in [-0.25, -0.2) is 0 Å². The van der Waals surface area contributed by atoms with Crippen LogP contribution in [-0.2, 0) is 0 Å². The van der Waals surface area contributed by atoms with Gasteiger partial charge in [0, 0.05) is 0 Å². The Kier molecular flexibility index (Phi) is 4.13. The summed E-state index contributed by atoms with van der Waals surface area (Å²) < 4.78 is 0. The van der Waals surface area contributed by atoms with E-state index in [0.717, 1.165) is 11.8 Å². The molecule has 0 heterocycles. The van der Waals surface area contributed by atoms with Crippen LogP contribution in [0.25, 0.3) is 0 Å². The molecular weight excluding hydrogens is 132 g/mol. The van der Waals surface area contributed by atoms with Gasteiger partial charge < -0.3 is 0 Å². The van der Waals surface area contributed by atoms with Gasteiger partial charge in [-0.2, -0.15) is 0 Å². The summed E-state index contributed by atoms with van der Waals surface area (Å²) in [6.07, 6.45) is 2.56. The normalized spacial score (nSPS) is 15.5. The minimum Gasteiger partial charge on any atom is -0.0625 e. The molecule has 67 valence electrons. The van der Waals surface area contributed by atoms with E-state index < -0.39 is 0 Å². The summed E-state index contributed by atoms with van der Waals surface area (Å²) in [7, 11) is 0. The lowest BCUT2D eigenvalue weighted by atomic mass is 9.84. The Bertz CT molecular complexity index is 95.1. The molecule has 0 nitrogen and oxygen atoms in total. The zero-order valence-electron chi connectivity index (χ0n) is 8.78. The van der Waals surface area contributed by atoms with Gasteiger partial charge >= 0.3 is 0 Å². The van der Waals surface area contributed by atoms with Crippen LogP contribution in [0.1, 0.15) is 47.5 Å². The molecule has 0 fully saturated rings. The summed E-state index contributed by atoms with van der Waals surface area (Å²) in [6, 6.07) is 0.